The van der Waals surface area contributed by atoms with Gasteiger partial charge in [-0.25, -0.2) is 0 Å². The molecule has 0 radical (unpaired) electrons. The van der Waals surface area contributed by atoms with Crippen molar-refractivity contribution in [1.29, 1.82) is 0 Å². The average molecular weight is 233 g/mol. The maximum atomic E-state index is 12.4. The van der Waals surface area contributed by atoms with Crippen molar-refractivity contribution in [1.82, 2.24) is 0 Å². The zero-order chi connectivity index (χ0) is 12.6. The first kappa shape index (κ1) is 12.0. The van der Waals surface area contributed by atoms with Crippen LogP contribution >= 0.6 is 0 Å². The van der Waals surface area contributed by atoms with Crippen LogP contribution in [0.15, 0.2) is 24.3 Å². The van der Waals surface area contributed by atoms with Gasteiger partial charge in [0.2, 0.25) is 5.91 Å². The molecule has 17 heavy (non-hydrogen) atoms. The third-order valence-corrected chi connectivity index (χ3v) is 3.31. The van der Waals surface area contributed by atoms with Crippen LogP contribution in [-0.4, -0.2) is 19.6 Å². The van der Waals surface area contributed by atoms with Crippen molar-refractivity contribution < 1.29 is 9.53 Å². The van der Waals surface area contributed by atoms with Crippen molar-refractivity contribution in [2.45, 2.75) is 20.8 Å². The van der Waals surface area contributed by atoms with E-state index in [-0.39, 0.29) is 17.2 Å². The molecule has 0 saturated carbocycles. The monoisotopic (exact) mass is 233 g/mol. The number of rotatable bonds is 0. The lowest BCUT2D eigenvalue weighted by molar-refractivity contribution is -0.126. The first-order chi connectivity index (χ1) is 7.91. The Labute approximate surface area is 102 Å². The molecule has 2 rings (SSSR count). The number of para-hydroxylation sites is 2. The average Bonchev–Trinajstić information content (AvgIpc) is 2.38. The van der Waals surface area contributed by atoms with E-state index < -0.39 is 0 Å². The third kappa shape index (κ3) is 2.14. The number of anilines is 1. The summed E-state index contributed by atoms with van der Waals surface area (Å²) in [5.74, 6) is 0.803. The number of amides is 1. The molecule has 0 aromatic heterocycles. The van der Waals surface area contributed by atoms with Crippen LogP contribution in [0.25, 0.3) is 0 Å². The summed E-state index contributed by atoms with van der Waals surface area (Å²) in [5, 5.41) is 0. The van der Waals surface area contributed by atoms with Crippen LogP contribution in [0.1, 0.15) is 20.8 Å². The smallest absolute Gasteiger partial charge is 0.233 e. The normalized spacial score (nSPS) is 20.6. The second kappa shape index (κ2) is 4.06. The van der Waals surface area contributed by atoms with Gasteiger partial charge >= 0.3 is 0 Å². The molecular formula is C14H19NO2. The molecule has 1 atom stereocenters. The lowest BCUT2D eigenvalue weighted by Crippen LogP contribution is -2.40. The number of carbonyl (C=O) groups excluding carboxylic acids is 1. The van der Waals surface area contributed by atoms with Crippen molar-refractivity contribution in [3.8, 4) is 5.75 Å². The van der Waals surface area contributed by atoms with Crippen LogP contribution in [0.2, 0.25) is 0 Å². The summed E-state index contributed by atoms with van der Waals surface area (Å²) in [6.07, 6.45) is 0. The molecule has 0 spiro atoms. The number of ether oxygens (including phenoxy) is 1. The molecule has 0 fully saturated rings. The van der Waals surface area contributed by atoms with Crippen LogP contribution in [0.3, 0.4) is 0 Å². The van der Waals surface area contributed by atoms with Crippen LogP contribution in [0, 0.1) is 11.3 Å². The highest BCUT2D eigenvalue weighted by atomic mass is 16.5. The van der Waals surface area contributed by atoms with Gasteiger partial charge in [0.15, 0.2) is 0 Å². The molecule has 3 nitrogen and oxygen atoms in total. The number of hydrogen-bond donors (Lipinski definition) is 0. The Morgan fingerprint density at radius 1 is 1.29 bits per heavy atom. The molecule has 1 amide bonds. The van der Waals surface area contributed by atoms with Gasteiger partial charge in [-0.1, -0.05) is 32.9 Å². The van der Waals surface area contributed by atoms with Gasteiger partial charge in [-0.05, 0) is 17.5 Å². The maximum Gasteiger partial charge on any atom is 0.233 e. The Bertz CT molecular complexity index is 434. The van der Waals surface area contributed by atoms with Gasteiger partial charge in [0.05, 0.1) is 11.6 Å². The minimum Gasteiger partial charge on any atom is -0.491 e. The van der Waals surface area contributed by atoms with Crippen molar-refractivity contribution in [2.75, 3.05) is 18.6 Å². The van der Waals surface area contributed by atoms with Crippen molar-refractivity contribution in [3.63, 3.8) is 0 Å². The fourth-order valence-corrected chi connectivity index (χ4v) is 2.07. The number of benzene rings is 1. The summed E-state index contributed by atoms with van der Waals surface area (Å²) in [5.41, 5.74) is 0.761. The molecule has 3 heteroatoms. The van der Waals surface area contributed by atoms with Gasteiger partial charge in [0, 0.05) is 7.05 Å². The van der Waals surface area contributed by atoms with Crippen molar-refractivity contribution >= 4 is 11.6 Å². The quantitative estimate of drug-likeness (QED) is 0.689. The predicted octanol–water partition coefficient (Wildman–Crippen LogP) is 2.70. The molecule has 1 aromatic rings. The first-order valence-corrected chi connectivity index (χ1v) is 5.90. The zero-order valence-corrected chi connectivity index (χ0v) is 10.9. The molecule has 1 heterocycles. The highest BCUT2D eigenvalue weighted by Crippen LogP contribution is 2.36. The van der Waals surface area contributed by atoms with E-state index in [4.69, 9.17) is 4.74 Å². The summed E-state index contributed by atoms with van der Waals surface area (Å²) in [6.45, 7) is 6.66. The largest absolute Gasteiger partial charge is 0.491 e. The molecule has 0 aliphatic carbocycles. The maximum absolute atomic E-state index is 12.4. The topological polar surface area (TPSA) is 29.5 Å². The fourth-order valence-electron chi connectivity index (χ4n) is 2.07. The molecule has 1 aromatic carbocycles. The van der Waals surface area contributed by atoms with E-state index in [1.165, 1.54) is 0 Å². The minimum absolute atomic E-state index is 0.0899. The van der Waals surface area contributed by atoms with Gasteiger partial charge in [-0.15, -0.1) is 0 Å². The van der Waals surface area contributed by atoms with Crippen LogP contribution in [-0.2, 0) is 4.79 Å². The van der Waals surface area contributed by atoms with E-state index >= 15 is 0 Å². The van der Waals surface area contributed by atoms with E-state index in [1.807, 2.05) is 31.3 Å². The Kier molecular flexibility index (Phi) is 2.86. The molecule has 0 bridgehead atoms. The summed E-state index contributed by atoms with van der Waals surface area (Å²) in [7, 11) is 1.81. The molecule has 1 aliphatic heterocycles. The number of fused-ring (bicyclic) bond motifs is 1. The zero-order valence-electron chi connectivity index (χ0n) is 10.9. The van der Waals surface area contributed by atoms with Crippen LogP contribution in [0.5, 0.6) is 5.75 Å². The van der Waals surface area contributed by atoms with Gasteiger partial charge in [0.25, 0.3) is 0 Å². The Balaban J connectivity index is 2.39. The highest BCUT2D eigenvalue weighted by molar-refractivity contribution is 5.97. The summed E-state index contributed by atoms with van der Waals surface area (Å²) in [6, 6.07) is 7.67. The number of hydrogen-bond acceptors (Lipinski definition) is 2. The lowest BCUT2D eigenvalue weighted by Gasteiger charge is -2.29. The summed E-state index contributed by atoms with van der Waals surface area (Å²) >= 11 is 0. The highest BCUT2D eigenvalue weighted by Gasteiger charge is 2.37. The van der Waals surface area contributed by atoms with E-state index in [0.717, 1.165) is 11.4 Å². The van der Waals surface area contributed by atoms with E-state index in [1.54, 1.807) is 4.90 Å². The van der Waals surface area contributed by atoms with Gasteiger partial charge in [-0.3, -0.25) is 4.79 Å². The van der Waals surface area contributed by atoms with E-state index in [2.05, 4.69) is 20.8 Å². The van der Waals surface area contributed by atoms with Crippen LogP contribution in [0.4, 0.5) is 5.69 Å². The van der Waals surface area contributed by atoms with Gasteiger partial charge in [-0.2, -0.15) is 0 Å². The summed E-state index contributed by atoms with van der Waals surface area (Å²) < 4.78 is 5.77. The molecule has 0 N–H and O–H groups in total. The second-order valence-electron chi connectivity index (χ2n) is 5.59. The SMILES string of the molecule is CN1C(=O)C(C(C)(C)C)COc2ccccc21. The Hall–Kier alpha value is -1.51. The molecule has 92 valence electrons. The second-order valence-corrected chi connectivity index (χ2v) is 5.59. The first-order valence-electron chi connectivity index (χ1n) is 5.90. The third-order valence-electron chi connectivity index (χ3n) is 3.31. The molecule has 1 aliphatic rings. The van der Waals surface area contributed by atoms with E-state index in [0.29, 0.717) is 6.61 Å². The number of carbonyl (C=O) groups is 1. The van der Waals surface area contributed by atoms with Crippen molar-refractivity contribution in [3.05, 3.63) is 24.3 Å². The minimum atomic E-state index is -0.111. The molecule has 1 unspecified atom stereocenters. The fraction of sp³-hybridized carbons (Fsp3) is 0.500. The Morgan fingerprint density at radius 3 is 2.59 bits per heavy atom. The lowest BCUT2D eigenvalue weighted by atomic mass is 9.80. The standard InChI is InChI=1S/C14H19NO2/c1-14(2,3)10-9-17-12-8-6-5-7-11(12)15(4)13(10)16/h5-8,10H,9H2,1-4H3. The number of nitrogens with zero attached hydrogens (tertiary/aromatic N) is 1. The summed E-state index contributed by atoms with van der Waals surface area (Å²) in [4.78, 5) is 14.1. The van der Waals surface area contributed by atoms with E-state index in [9.17, 15) is 4.79 Å². The molecular weight excluding hydrogens is 214 g/mol. The Morgan fingerprint density at radius 2 is 1.94 bits per heavy atom. The molecule has 0 saturated heterocycles. The van der Waals surface area contributed by atoms with Gasteiger partial charge < -0.3 is 9.64 Å². The van der Waals surface area contributed by atoms with Crippen molar-refractivity contribution in [2.24, 2.45) is 11.3 Å². The van der Waals surface area contributed by atoms with Gasteiger partial charge in [0.1, 0.15) is 12.4 Å². The predicted molar refractivity (Wildman–Crippen MR) is 68.3 cm³/mol. The van der Waals surface area contributed by atoms with Crippen LogP contribution < -0.4 is 9.64 Å².